The first kappa shape index (κ1) is 19.6. The van der Waals surface area contributed by atoms with Crippen LogP contribution in [0.25, 0.3) is 0 Å². The fraction of sp³-hybridized carbons (Fsp3) is 0.118. The van der Waals surface area contributed by atoms with Gasteiger partial charge in [-0.15, -0.1) is 0 Å². The maximum absolute atomic E-state index is 11.7. The van der Waals surface area contributed by atoms with E-state index < -0.39 is 18.5 Å². The minimum absolute atomic E-state index is 0.263. The van der Waals surface area contributed by atoms with Crippen molar-refractivity contribution in [3.8, 4) is 11.5 Å². The monoisotopic (exact) mass is 396 g/mol. The Labute approximate surface area is 159 Å². The number of amides is 1. The van der Waals surface area contributed by atoms with Crippen molar-refractivity contribution in [2.24, 2.45) is 5.10 Å². The van der Waals surface area contributed by atoms with Crippen molar-refractivity contribution in [2.75, 3.05) is 13.2 Å². The van der Waals surface area contributed by atoms with Gasteiger partial charge in [0.1, 0.15) is 11.5 Å². The standard InChI is InChI=1S/C17H14Cl2N2O5/c18-12-3-6-15(14(19)7-12)26-9-16(22)21-20-8-11-1-4-13(5-2-11)25-10-17(23)24/h1-8H,9-10H2,(H,21,22)(H,23,24). The molecule has 0 aliphatic carbocycles. The topological polar surface area (TPSA) is 97.2 Å². The number of hydrazone groups is 1. The summed E-state index contributed by atoms with van der Waals surface area (Å²) in [5.41, 5.74) is 3.00. The first-order chi connectivity index (χ1) is 12.4. The average molecular weight is 397 g/mol. The van der Waals surface area contributed by atoms with E-state index in [-0.39, 0.29) is 6.61 Å². The highest BCUT2D eigenvalue weighted by atomic mass is 35.5. The predicted molar refractivity (Wildman–Crippen MR) is 97.3 cm³/mol. The van der Waals surface area contributed by atoms with Crippen molar-refractivity contribution >= 4 is 41.3 Å². The molecule has 2 aromatic carbocycles. The lowest BCUT2D eigenvalue weighted by atomic mass is 10.2. The second-order valence-electron chi connectivity index (χ2n) is 4.91. The Morgan fingerprint density at radius 1 is 1.08 bits per heavy atom. The summed E-state index contributed by atoms with van der Waals surface area (Å²) in [6.07, 6.45) is 1.42. The van der Waals surface area contributed by atoms with E-state index in [1.807, 2.05) is 0 Å². The highest BCUT2D eigenvalue weighted by Crippen LogP contribution is 2.27. The number of carbonyl (C=O) groups is 2. The van der Waals surface area contributed by atoms with Crippen LogP contribution in [0.5, 0.6) is 11.5 Å². The number of nitrogens with one attached hydrogen (secondary N) is 1. The van der Waals surface area contributed by atoms with Gasteiger partial charge in [-0.1, -0.05) is 23.2 Å². The second-order valence-corrected chi connectivity index (χ2v) is 5.75. The summed E-state index contributed by atoms with van der Waals surface area (Å²) < 4.78 is 10.3. The number of carboxylic acids is 1. The van der Waals surface area contributed by atoms with Gasteiger partial charge in [-0.3, -0.25) is 4.79 Å². The number of nitrogens with zero attached hydrogens (tertiary/aromatic N) is 1. The maximum atomic E-state index is 11.7. The highest BCUT2D eigenvalue weighted by molar-refractivity contribution is 6.35. The molecule has 0 saturated heterocycles. The molecule has 0 unspecified atom stereocenters. The summed E-state index contributed by atoms with van der Waals surface area (Å²) in [5.74, 6) is -0.761. The van der Waals surface area contributed by atoms with Gasteiger partial charge in [0, 0.05) is 5.02 Å². The molecule has 0 bridgehead atoms. The van der Waals surface area contributed by atoms with E-state index in [1.165, 1.54) is 12.3 Å². The Bertz CT molecular complexity index is 809. The van der Waals surface area contributed by atoms with E-state index in [1.54, 1.807) is 36.4 Å². The zero-order chi connectivity index (χ0) is 18.9. The maximum Gasteiger partial charge on any atom is 0.341 e. The van der Waals surface area contributed by atoms with Gasteiger partial charge in [-0.2, -0.15) is 5.10 Å². The van der Waals surface area contributed by atoms with E-state index in [4.69, 9.17) is 37.8 Å². The summed E-state index contributed by atoms with van der Waals surface area (Å²) in [5, 5.41) is 13.1. The molecule has 0 heterocycles. The average Bonchev–Trinajstić information content (AvgIpc) is 2.60. The second kappa shape index (κ2) is 9.65. The molecule has 0 fully saturated rings. The number of aliphatic carboxylic acids is 1. The number of rotatable bonds is 8. The zero-order valence-corrected chi connectivity index (χ0v) is 14.8. The van der Waals surface area contributed by atoms with E-state index in [0.29, 0.717) is 27.1 Å². The highest BCUT2D eigenvalue weighted by Gasteiger charge is 2.05. The Hall–Kier alpha value is -2.77. The molecule has 2 N–H and O–H groups in total. The predicted octanol–water partition coefficient (Wildman–Crippen LogP) is 2.99. The van der Waals surface area contributed by atoms with Crippen molar-refractivity contribution in [3.63, 3.8) is 0 Å². The Morgan fingerprint density at radius 2 is 1.81 bits per heavy atom. The zero-order valence-electron chi connectivity index (χ0n) is 13.3. The van der Waals surface area contributed by atoms with Gasteiger partial charge in [-0.25, -0.2) is 10.2 Å². The molecule has 9 heteroatoms. The van der Waals surface area contributed by atoms with Crippen LogP contribution in [0.15, 0.2) is 47.6 Å². The lowest BCUT2D eigenvalue weighted by molar-refractivity contribution is -0.139. The van der Waals surface area contributed by atoms with Gasteiger partial charge >= 0.3 is 5.97 Å². The molecule has 0 aromatic heterocycles. The third kappa shape index (κ3) is 6.62. The van der Waals surface area contributed by atoms with E-state index in [0.717, 1.165) is 0 Å². The van der Waals surface area contributed by atoms with Gasteiger partial charge in [0.2, 0.25) is 0 Å². The molecule has 7 nitrogen and oxygen atoms in total. The van der Waals surface area contributed by atoms with Crippen LogP contribution in [0, 0.1) is 0 Å². The van der Waals surface area contributed by atoms with Gasteiger partial charge in [0.15, 0.2) is 13.2 Å². The van der Waals surface area contributed by atoms with Crippen LogP contribution in [-0.4, -0.2) is 36.4 Å². The lowest BCUT2D eigenvalue weighted by Gasteiger charge is -2.07. The molecule has 2 aromatic rings. The number of carboxylic acid groups (broad SMARTS) is 1. The summed E-state index contributed by atoms with van der Waals surface area (Å²) >= 11 is 11.7. The first-order valence-electron chi connectivity index (χ1n) is 7.28. The van der Waals surface area contributed by atoms with E-state index in [2.05, 4.69) is 10.5 Å². The SMILES string of the molecule is O=C(O)COc1ccc(C=NNC(=O)COc2ccc(Cl)cc2Cl)cc1. The van der Waals surface area contributed by atoms with Crippen molar-refractivity contribution in [1.82, 2.24) is 5.43 Å². The molecule has 0 aliphatic rings. The third-order valence-electron chi connectivity index (χ3n) is 2.90. The molecule has 26 heavy (non-hydrogen) atoms. The number of hydrogen-bond donors (Lipinski definition) is 2. The van der Waals surface area contributed by atoms with Crippen LogP contribution >= 0.6 is 23.2 Å². The van der Waals surface area contributed by atoms with Crippen LogP contribution in [-0.2, 0) is 9.59 Å². The normalized spacial score (nSPS) is 10.5. The van der Waals surface area contributed by atoms with Gasteiger partial charge in [0.25, 0.3) is 5.91 Å². The van der Waals surface area contributed by atoms with Crippen molar-refractivity contribution in [2.45, 2.75) is 0 Å². The largest absolute Gasteiger partial charge is 0.482 e. The number of benzene rings is 2. The molecule has 0 spiro atoms. The molecule has 2 rings (SSSR count). The summed E-state index contributed by atoms with van der Waals surface area (Å²) in [4.78, 5) is 22.1. The van der Waals surface area contributed by atoms with Crippen LogP contribution in [0.3, 0.4) is 0 Å². The van der Waals surface area contributed by atoms with Crippen LogP contribution in [0.2, 0.25) is 10.0 Å². The molecule has 0 radical (unpaired) electrons. The third-order valence-corrected chi connectivity index (χ3v) is 3.43. The molecular formula is C17H14Cl2N2O5. The minimum atomic E-state index is -1.06. The van der Waals surface area contributed by atoms with E-state index in [9.17, 15) is 9.59 Å². The van der Waals surface area contributed by atoms with Gasteiger partial charge in [-0.05, 0) is 48.0 Å². The van der Waals surface area contributed by atoms with Crippen LogP contribution in [0.4, 0.5) is 0 Å². The van der Waals surface area contributed by atoms with Crippen molar-refractivity contribution in [3.05, 3.63) is 58.1 Å². The Kier molecular flexibility index (Phi) is 7.25. The summed E-state index contributed by atoms with van der Waals surface area (Å²) in [7, 11) is 0. The lowest BCUT2D eigenvalue weighted by Crippen LogP contribution is -2.24. The fourth-order valence-electron chi connectivity index (χ4n) is 1.74. The quantitative estimate of drug-likeness (QED) is 0.527. The fourth-order valence-corrected chi connectivity index (χ4v) is 2.20. The summed E-state index contributed by atoms with van der Waals surface area (Å²) in [6, 6.07) is 11.2. The van der Waals surface area contributed by atoms with E-state index >= 15 is 0 Å². The molecule has 0 saturated carbocycles. The smallest absolute Gasteiger partial charge is 0.341 e. The molecule has 1 amide bonds. The van der Waals surface area contributed by atoms with Crippen LogP contribution < -0.4 is 14.9 Å². The minimum Gasteiger partial charge on any atom is -0.482 e. The van der Waals surface area contributed by atoms with Gasteiger partial charge in [0.05, 0.1) is 11.2 Å². The number of halogens is 2. The molecule has 0 aliphatic heterocycles. The number of hydrogen-bond acceptors (Lipinski definition) is 5. The van der Waals surface area contributed by atoms with Crippen molar-refractivity contribution < 1.29 is 24.2 Å². The first-order valence-corrected chi connectivity index (χ1v) is 8.04. The van der Waals surface area contributed by atoms with Gasteiger partial charge < -0.3 is 14.6 Å². The molecule has 136 valence electrons. The number of carbonyl (C=O) groups excluding carboxylic acids is 1. The molecule has 0 atom stereocenters. The summed E-state index contributed by atoms with van der Waals surface area (Å²) in [6.45, 7) is -0.679. The molecular weight excluding hydrogens is 383 g/mol. The Balaban J connectivity index is 1.78. The van der Waals surface area contributed by atoms with Crippen LogP contribution in [0.1, 0.15) is 5.56 Å². The number of ether oxygens (including phenoxy) is 2. The Morgan fingerprint density at radius 3 is 2.46 bits per heavy atom. The van der Waals surface area contributed by atoms with Crippen molar-refractivity contribution in [1.29, 1.82) is 0 Å².